The van der Waals surface area contributed by atoms with E-state index in [9.17, 15) is 9.59 Å². The average Bonchev–Trinajstić information content (AvgIpc) is 3.64. The first kappa shape index (κ1) is 38.7. The van der Waals surface area contributed by atoms with Crippen molar-refractivity contribution in [3.05, 3.63) is 0 Å². The Hall–Kier alpha value is -1.14. The van der Waals surface area contributed by atoms with E-state index < -0.39 is 0 Å². The summed E-state index contributed by atoms with van der Waals surface area (Å²) < 4.78 is 14.4. The third kappa shape index (κ3) is 5.48. The maximum Gasteiger partial charge on any atom is 0.222 e. The van der Waals surface area contributed by atoms with Crippen molar-refractivity contribution in [1.29, 1.82) is 0 Å². The predicted octanol–water partition coefficient (Wildman–Crippen LogP) is 10.1. The lowest BCUT2D eigenvalue weighted by Gasteiger charge is -2.69. The molecule has 2 heterocycles. The molecular formula is C47H78N2O4. The summed E-state index contributed by atoms with van der Waals surface area (Å²) in [6, 6.07) is 0.693. The minimum absolute atomic E-state index is 0.0462. The molecule has 53 heavy (non-hydrogen) atoms. The smallest absolute Gasteiger partial charge is 0.222 e. The maximum absolute atomic E-state index is 14.3. The van der Waals surface area contributed by atoms with Crippen LogP contribution in [-0.4, -0.2) is 72.7 Å². The molecule has 5 unspecified atom stereocenters. The molecule has 0 aromatic rings. The van der Waals surface area contributed by atoms with Gasteiger partial charge in [0.25, 0.3) is 0 Å². The van der Waals surface area contributed by atoms with E-state index in [1.165, 1.54) is 83.5 Å². The Morgan fingerprint density at radius 1 is 0.623 bits per heavy atom. The fourth-order valence-corrected chi connectivity index (χ4v) is 17.2. The van der Waals surface area contributed by atoms with Gasteiger partial charge in [-0.15, -0.1) is 0 Å². The van der Waals surface area contributed by atoms with Crippen LogP contribution in [0.2, 0.25) is 0 Å². The van der Waals surface area contributed by atoms with Crippen LogP contribution in [-0.2, 0) is 19.1 Å². The van der Waals surface area contributed by atoms with Gasteiger partial charge >= 0.3 is 0 Å². The molecule has 2 aliphatic heterocycles. The second-order valence-electron chi connectivity index (χ2n) is 21.4. The summed E-state index contributed by atoms with van der Waals surface area (Å²) in [7, 11) is 4.24. The first-order chi connectivity index (χ1) is 25.3. The van der Waals surface area contributed by atoms with Gasteiger partial charge in [0, 0.05) is 58.2 Å². The Kier molecular flexibility index (Phi) is 10.3. The largest absolute Gasteiger partial charge is 0.378 e. The number of nitrogens with zero attached hydrogens (tertiary/aromatic N) is 2. The van der Waals surface area contributed by atoms with E-state index in [4.69, 9.17) is 9.47 Å². The highest BCUT2D eigenvalue weighted by Crippen LogP contribution is 2.74. The lowest BCUT2D eigenvalue weighted by Crippen LogP contribution is -2.71. The molecular weight excluding hydrogens is 657 g/mol. The number of hydrogen-bond acceptors (Lipinski definition) is 4. The number of carbonyl (C=O) groups is 2. The number of amides is 2. The number of fused-ring (bicyclic) bond motifs is 10. The van der Waals surface area contributed by atoms with Crippen molar-refractivity contribution in [1.82, 2.24) is 9.80 Å². The minimum atomic E-state index is -0.262. The number of carbonyl (C=O) groups excluding carboxylic acids is 2. The van der Waals surface area contributed by atoms with Crippen LogP contribution in [0.4, 0.5) is 0 Å². The zero-order chi connectivity index (χ0) is 37.6. The Morgan fingerprint density at radius 3 is 2.06 bits per heavy atom. The highest BCUT2D eigenvalue weighted by atomic mass is 16.5. The summed E-state index contributed by atoms with van der Waals surface area (Å²) in [6.07, 6.45) is 23.7. The Labute approximate surface area is 324 Å². The molecule has 8 fully saturated rings. The lowest BCUT2D eigenvalue weighted by atomic mass is 9.40. The van der Waals surface area contributed by atoms with Crippen LogP contribution in [0.1, 0.15) is 170 Å². The van der Waals surface area contributed by atoms with Gasteiger partial charge in [0.2, 0.25) is 11.8 Å². The van der Waals surface area contributed by atoms with E-state index in [0.717, 1.165) is 57.2 Å². The van der Waals surface area contributed by atoms with Gasteiger partial charge in [-0.05, 0) is 153 Å². The molecule has 0 bridgehead atoms. The van der Waals surface area contributed by atoms with Crippen molar-refractivity contribution in [3.8, 4) is 0 Å². The zero-order valence-electron chi connectivity index (χ0n) is 35.4. The number of rotatable bonds is 10. The quantitative estimate of drug-likeness (QED) is 0.210. The molecule has 15 atom stereocenters. The summed E-state index contributed by atoms with van der Waals surface area (Å²) >= 11 is 0. The summed E-state index contributed by atoms with van der Waals surface area (Å²) in [5.41, 5.74) is 0.351. The molecule has 0 N–H and O–H groups in total. The van der Waals surface area contributed by atoms with Gasteiger partial charge in [0.05, 0.1) is 11.7 Å². The zero-order valence-corrected chi connectivity index (χ0v) is 35.4. The normalized spacial score (nSPS) is 50.6. The molecule has 2 amide bonds. The molecule has 0 radical (unpaired) electrons. The van der Waals surface area contributed by atoms with E-state index in [2.05, 4.69) is 65.4 Å². The lowest BCUT2D eigenvalue weighted by molar-refractivity contribution is -0.253. The Balaban J connectivity index is 1.12. The van der Waals surface area contributed by atoms with Crippen LogP contribution >= 0.6 is 0 Å². The number of likely N-dealkylation sites (tertiary alicyclic amines) is 2. The van der Waals surface area contributed by atoms with Crippen LogP contribution in [0.25, 0.3) is 0 Å². The topological polar surface area (TPSA) is 59.1 Å². The van der Waals surface area contributed by atoms with E-state index in [0.29, 0.717) is 66.5 Å². The number of hydrogen-bond donors (Lipinski definition) is 0. The van der Waals surface area contributed by atoms with Crippen LogP contribution in [0, 0.1) is 63.1 Å². The molecule has 8 rings (SSSR count). The van der Waals surface area contributed by atoms with Crippen molar-refractivity contribution >= 4 is 11.8 Å². The fraction of sp³-hybridized carbons (Fsp3) is 0.957. The SMILES string of the molecule is CCCCCCOC1CC[C@H]2[C@@H]3CCC4N(C)C(=O)CC(C5(OCCC)CC[C@H]6[C@@H]7CCC8N(C)C(=O)CC[C@]8(C)[C@@H]7CC[C@@]65C)[C@]4(C)[C@@H]3CC[C@]12C. The summed E-state index contributed by atoms with van der Waals surface area (Å²) in [5, 5.41) is 0. The highest BCUT2D eigenvalue weighted by molar-refractivity contribution is 5.78. The second-order valence-corrected chi connectivity index (χ2v) is 21.4. The second kappa shape index (κ2) is 14.1. The van der Waals surface area contributed by atoms with E-state index in [1.54, 1.807) is 0 Å². The van der Waals surface area contributed by atoms with Gasteiger partial charge in [0.1, 0.15) is 0 Å². The van der Waals surface area contributed by atoms with Gasteiger partial charge in [-0.1, -0.05) is 60.8 Å². The summed E-state index contributed by atoms with van der Waals surface area (Å²) in [6.45, 7) is 16.8. The van der Waals surface area contributed by atoms with Crippen molar-refractivity contribution in [2.75, 3.05) is 27.3 Å². The van der Waals surface area contributed by atoms with Crippen molar-refractivity contribution < 1.29 is 19.1 Å². The molecule has 2 saturated heterocycles. The third-order valence-corrected chi connectivity index (χ3v) is 19.8. The Morgan fingerprint density at radius 2 is 1.30 bits per heavy atom. The molecule has 6 aliphatic carbocycles. The monoisotopic (exact) mass is 735 g/mol. The highest BCUT2D eigenvalue weighted by Gasteiger charge is 2.74. The van der Waals surface area contributed by atoms with Crippen LogP contribution < -0.4 is 0 Å². The standard InChI is InChI=1S/C47H78N2O4/c1-9-11-12-13-29-52-40-19-16-33-32-15-18-39-46(6,36(32)20-24-44(33,40)4)37(30-42(51)49(39)8)47(53-28-10-2)27-22-35-31-14-17-38-43(3,25-23-41(50)48(38)7)34(31)21-26-45(35,47)5/h31-40H,9-30H2,1-8H3/t31-,32+,33+,34-,35+,36-,37?,38?,39?,40?,43-,44+,45+,46+,47?/m1/s1. The van der Waals surface area contributed by atoms with Gasteiger partial charge in [-0.2, -0.15) is 0 Å². The molecule has 0 aromatic carbocycles. The first-order valence-electron chi connectivity index (χ1n) is 23.1. The van der Waals surface area contributed by atoms with Crippen molar-refractivity contribution in [3.63, 3.8) is 0 Å². The predicted molar refractivity (Wildman–Crippen MR) is 212 cm³/mol. The summed E-state index contributed by atoms with van der Waals surface area (Å²) in [5.74, 6) is 5.08. The number of piperidine rings is 2. The van der Waals surface area contributed by atoms with Gasteiger partial charge < -0.3 is 19.3 Å². The summed E-state index contributed by atoms with van der Waals surface area (Å²) in [4.78, 5) is 31.6. The van der Waals surface area contributed by atoms with Crippen LogP contribution in [0.5, 0.6) is 0 Å². The van der Waals surface area contributed by atoms with Crippen LogP contribution in [0.3, 0.4) is 0 Å². The van der Waals surface area contributed by atoms with E-state index >= 15 is 0 Å². The minimum Gasteiger partial charge on any atom is -0.378 e. The van der Waals surface area contributed by atoms with Gasteiger partial charge in [0.15, 0.2) is 0 Å². The molecule has 0 aromatic heterocycles. The first-order valence-corrected chi connectivity index (χ1v) is 23.1. The number of ether oxygens (including phenoxy) is 2. The van der Waals surface area contributed by atoms with Crippen molar-refractivity contribution in [2.24, 2.45) is 63.1 Å². The van der Waals surface area contributed by atoms with Gasteiger partial charge in [-0.3, -0.25) is 9.59 Å². The van der Waals surface area contributed by atoms with Crippen molar-refractivity contribution in [2.45, 2.75) is 194 Å². The molecule has 0 spiro atoms. The van der Waals surface area contributed by atoms with E-state index in [1.807, 2.05) is 0 Å². The van der Waals surface area contributed by atoms with Gasteiger partial charge in [-0.25, -0.2) is 0 Å². The third-order valence-electron chi connectivity index (χ3n) is 19.8. The molecule has 6 nitrogen and oxygen atoms in total. The van der Waals surface area contributed by atoms with E-state index in [-0.39, 0.29) is 33.2 Å². The van der Waals surface area contributed by atoms with Crippen LogP contribution in [0.15, 0.2) is 0 Å². The molecule has 8 aliphatic rings. The average molecular weight is 735 g/mol. The molecule has 6 saturated carbocycles. The molecule has 6 heteroatoms. The number of unbranched alkanes of at least 4 members (excludes halogenated alkanes) is 3. The Bertz CT molecular complexity index is 1390. The molecule has 300 valence electrons. The fourth-order valence-electron chi connectivity index (χ4n) is 17.2. The maximum atomic E-state index is 14.3.